The molecular weight excluding hydrogens is 479 g/mol. The van der Waals surface area contributed by atoms with E-state index in [0.717, 1.165) is 31.4 Å². The molecule has 3 aromatic heterocycles. The van der Waals surface area contributed by atoms with Gasteiger partial charge in [-0.05, 0) is 50.8 Å². The number of anilines is 1. The number of nitrogens with one attached hydrogen (secondary N) is 1. The van der Waals surface area contributed by atoms with Crippen LogP contribution in [-0.4, -0.2) is 33.0 Å². The average Bonchev–Trinajstić information content (AvgIpc) is 3.29. The van der Waals surface area contributed by atoms with Crippen LogP contribution >= 0.6 is 11.3 Å². The monoisotopic (exact) mass is 502 g/mol. The van der Waals surface area contributed by atoms with Gasteiger partial charge in [0.15, 0.2) is 15.6 Å². The topological polar surface area (TPSA) is 114 Å². The standard InChI is InChI=1S/C26H23FN6O2S/c1-14-10-17(22-19(27)4-3-5-21(22)35-2)18(12-29-14)24(34)33-26-32-23-25(36-26)31-20(13-30-23)16-8-6-15(11-28)7-9-16/h3-5,10,12-13,15-16H,6-9H2,1-2H3,(H,30,32,33,34). The fourth-order valence-corrected chi connectivity index (χ4v) is 5.35. The van der Waals surface area contributed by atoms with Crippen molar-refractivity contribution in [2.24, 2.45) is 5.92 Å². The number of aromatic nitrogens is 4. The van der Waals surface area contributed by atoms with Gasteiger partial charge >= 0.3 is 0 Å². The van der Waals surface area contributed by atoms with Gasteiger partial charge in [0, 0.05) is 29.3 Å². The molecule has 3 heterocycles. The molecule has 1 N–H and O–H groups in total. The Morgan fingerprint density at radius 3 is 2.75 bits per heavy atom. The first kappa shape index (κ1) is 23.8. The molecular formula is C26H23FN6O2S. The van der Waals surface area contributed by atoms with Gasteiger partial charge in [0.1, 0.15) is 11.6 Å². The second kappa shape index (κ2) is 9.95. The maximum atomic E-state index is 14.8. The maximum absolute atomic E-state index is 14.8. The summed E-state index contributed by atoms with van der Waals surface area (Å²) in [7, 11) is 1.45. The summed E-state index contributed by atoms with van der Waals surface area (Å²) in [5.74, 6) is -0.271. The maximum Gasteiger partial charge on any atom is 0.259 e. The number of nitrogens with zero attached hydrogens (tertiary/aromatic N) is 5. The molecule has 10 heteroatoms. The van der Waals surface area contributed by atoms with Crippen molar-refractivity contribution in [3.05, 3.63) is 59.4 Å². The number of thiazole rings is 1. The number of methoxy groups -OCH3 is 1. The lowest BCUT2D eigenvalue weighted by atomic mass is 9.81. The first-order valence-electron chi connectivity index (χ1n) is 11.6. The molecule has 0 bridgehead atoms. The van der Waals surface area contributed by atoms with E-state index in [1.54, 1.807) is 31.3 Å². The van der Waals surface area contributed by atoms with Crippen molar-refractivity contribution < 1.29 is 13.9 Å². The number of carbonyl (C=O) groups is 1. The molecule has 1 aliphatic rings. The minimum atomic E-state index is -0.501. The van der Waals surface area contributed by atoms with Gasteiger partial charge in [0.2, 0.25) is 0 Å². The molecule has 8 nitrogen and oxygen atoms in total. The van der Waals surface area contributed by atoms with Crippen LogP contribution in [0.15, 0.2) is 36.7 Å². The molecule has 1 aliphatic carbocycles. The fraction of sp³-hybridized carbons (Fsp3) is 0.308. The van der Waals surface area contributed by atoms with E-state index in [9.17, 15) is 9.18 Å². The lowest BCUT2D eigenvalue weighted by Gasteiger charge is -2.23. The number of amides is 1. The van der Waals surface area contributed by atoms with Crippen molar-refractivity contribution in [3.63, 3.8) is 0 Å². The second-order valence-corrected chi connectivity index (χ2v) is 9.74. The van der Waals surface area contributed by atoms with E-state index in [-0.39, 0.29) is 23.0 Å². The van der Waals surface area contributed by atoms with Gasteiger partial charge in [-0.1, -0.05) is 17.4 Å². The summed E-state index contributed by atoms with van der Waals surface area (Å²) in [6, 6.07) is 8.53. The number of halogens is 1. The largest absolute Gasteiger partial charge is 0.496 e. The molecule has 1 aromatic carbocycles. The van der Waals surface area contributed by atoms with Gasteiger partial charge in [0.25, 0.3) is 5.91 Å². The van der Waals surface area contributed by atoms with E-state index in [0.29, 0.717) is 32.6 Å². The highest BCUT2D eigenvalue weighted by atomic mass is 32.1. The number of pyridine rings is 1. The van der Waals surface area contributed by atoms with Crippen LogP contribution in [0.2, 0.25) is 0 Å². The Morgan fingerprint density at radius 1 is 1.19 bits per heavy atom. The van der Waals surface area contributed by atoms with Crippen molar-refractivity contribution in [3.8, 4) is 22.9 Å². The van der Waals surface area contributed by atoms with Crippen LogP contribution in [0.25, 0.3) is 21.6 Å². The van der Waals surface area contributed by atoms with Crippen LogP contribution in [0.3, 0.4) is 0 Å². The molecule has 36 heavy (non-hydrogen) atoms. The summed E-state index contributed by atoms with van der Waals surface area (Å²) in [6.07, 6.45) is 6.70. The predicted octanol–water partition coefficient (Wildman–Crippen LogP) is 5.65. The first-order valence-corrected chi connectivity index (χ1v) is 12.4. The highest BCUT2D eigenvalue weighted by Crippen LogP contribution is 2.37. The molecule has 1 amide bonds. The van der Waals surface area contributed by atoms with Crippen molar-refractivity contribution in [2.75, 3.05) is 12.4 Å². The number of hydrogen-bond donors (Lipinski definition) is 1. The quantitative estimate of drug-likeness (QED) is 0.375. The van der Waals surface area contributed by atoms with Crippen LogP contribution in [0.4, 0.5) is 9.52 Å². The number of nitriles is 1. The highest BCUT2D eigenvalue weighted by molar-refractivity contribution is 7.21. The number of hydrogen-bond acceptors (Lipinski definition) is 8. The van der Waals surface area contributed by atoms with Crippen molar-refractivity contribution >= 4 is 32.9 Å². The lowest BCUT2D eigenvalue weighted by molar-refractivity contribution is 0.102. The molecule has 0 aliphatic heterocycles. The highest BCUT2D eigenvalue weighted by Gasteiger charge is 2.25. The predicted molar refractivity (Wildman–Crippen MR) is 134 cm³/mol. The van der Waals surface area contributed by atoms with Gasteiger partial charge in [0.05, 0.1) is 36.2 Å². The Balaban J connectivity index is 1.42. The number of rotatable bonds is 5. The molecule has 0 atom stereocenters. The molecule has 4 aromatic rings. The van der Waals surface area contributed by atoms with Crippen molar-refractivity contribution in [1.82, 2.24) is 19.9 Å². The van der Waals surface area contributed by atoms with E-state index in [1.165, 1.54) is 30.7 Å². The van der Waals surface area contributed by atoms with Crippen molar-refractivity contribution in [1.29, 1.82) is 5.26 Å². The second-order valence-electron chi connectivity index (χ2n) is 8.76. The number of aryl methyl sites for hydroxylation is 1. The zero-order chi connectivity index (χ0) is 25.2. The molecule has 1 saturated carbocycles. The van der Waals surface area contributed by atoms with Gasteiger partial charge in [-0.2, -0.15) is 10.2 Å². The zero-order valence-corrected chi connectivity index (χ0v) is 20.6. The third-order valence-electron chi connectivity index (χ3n) is 6.44. The summed E-state index contributed by atoms with van der Waals surface area (Å²) in [5.41, 5.74) is 2.73. The van der Waals surface area contributed by atoms with E-state index in [2.05, 4.69) is 26.3 Å². The summed E-state index contributed by atoms with van der Waals surface area (Å²) in [4.78, 5) is 31.7. The summed E-state index contributed by atoms with van der Waals surface area (Å²) in [5, 5.41) is 12.3. The summed E-state index contributed by atoms with van der Waals surface area (Å²) < 4.78 is 20.2. The molecule has 182 valence electrons. The van der Waals surface area contributed by atoms with Crippen LogP contribution < -0.4 is 10.1 Å². The first-order chi connectivity index (χ1) is 17.5. The Bertz CT molecular complexity index is 1490. The van der Waals surface area contributed by atoms with Crippen LogP contribution in [-0.2, 0) is 0 Å². The Morgan fingerprint density at radius 2 is 2.00 bits per heavy atom. The normalized spacial score (nSPS) is 17.5. The molecule has 1 fully saturated rings. The summed E-state index contributed by atoms with van der Waals surface area (Å²) in [6.45, 7) is 1.77. The molecule has 5 rings (SSSR count). The minimum absolute atomic E-state index is 0.119. The van der Waals surface area contributed by atoms with Gasteiger partial charge < -0.3 is 4.74 Å². The number of carbonyl (C=O) groups excluding carboxylic acids is 1. The Labute approximate surface area is 211 Å². The fourth-order valence-electron chi connectivity index (χ4n) is 4.55. The van der Waals surface area contributed by atoms with Crippen LogP contribution in [0, 0.1) is 30.0 Å². The van der Waals surface area contributed by atoms with Gasteiger partial charge in [-0.3, -0.25) is 15.1 Å². The Hall–Kier alpha value is -3.97. The lowest BCUT2D eigenvalue weighted by Crippen LogP contribution is -2.14. The van der Waals surface area contributed by atoms with Gasteiger partial charge in [-0.25, -0.2) is 14.4 Å². The molecule has 0 spiro atoms. The molecule has 0 unspecified atom stereocenters. The van der Waals surface area contributed by atoms with Crippen LogP contribution in [0.5, 0.6) is 5.75 Å². The van der Waals surface area contributed by atoms with Crippen LogP contribution in [0.1, 0.15) is 53.3 Å². The van der Waals surface area contributed by atoms with E-state index in [4.69, 9.17) is 15.0 Å². The average molecular weight is 503 g/mol. The molecule has 0 saturated heterocycles. The third kappa shape index (κ3) is 4.62. The number of ether oxygens (including phenoxy) is 1. The van der Waals surface area contributed by atoms with E-state index >= 15 is 0 Å². The minimum Gasteiger partial charge on any atom is -0.496 e. The molecule has 0 radical (unpaired) electrons. The number of benzene rings is 1. The Kier molecular flexibility index (Phi) is 6.57. The summed E-state index contributed by atoms with van der Waals surface area (Å²) >= 11 is 1.23. The third-order valence-corrected chi connectivity index (χ3v) is 7.29. The van der Waals surface area contributed by atoms with Crippen molar-refractivity contribution in [2.45, 2.75) is 38.5 Å². The number of fused-ring (bicyclic) bond motifs is 1. The van der Waals surface area contributed by atoms with Gasteiger partial charge in [-0.15, -0.1) is 0 Å². The zero-order valence-electron chi connectivity index (χ0n) is 19.8. The smallest absolute Gasteiger partial charge is 0.259 e. The van der Waals surface area contributed by atoms with E-state index < -0.39 is 11.7 Å². The van der Waals surface area contributed by atoms with E-state index in [1.807, 2.05) is 0 Å². The SMILES string of the molecule is COc1cccc(F)c1-c1cc(C)ncc1C(=O)Nc1nc2ncc(C3CCC(C#N)CC3)nc2s1.